The number of hydrogen-bond donors (Lipinski definition) is 0. The molecule has 2 heteroatoms. The fourth-order valence-corrected chi connectivity index (χ4v) is 3.07. The number of benzene rings is 2. The molecule has 0 N–H and O–H groups in total. The lowest BCUT2D eigenvalue weighted by Crippen LogP contribution is -2.30. The van der Waals surface area contributed by atoms with Gasteiger partial charge in [-0.25, -0.2) is 0 Å². The highest BCUT2D eigenvalue weighted by molar-refractivity contribution is 6.06. The van der Waals surface area contributed by atoms with E-state index in [1.165, 1.54) is 24.0 Å². The van der Waals surface area contributed by atoms with E-state index in [1.807, 2.05) is 48.2 Å². The smallest absolute Gasteiger partial charge is 0.258 e. The van der Waals surface area contributed by atoms with Crippen LogP contribution in [0.3, 0.4) is 0 Å². The fourth-order valence-electron chi connectivity index (χ4n) is 3.07. The Morgan fingerprint density at radius 3 is 2.43 bits per heavy atom. The van der Waals surface area contributed by atoms with Crippen LogP contribution in [0.15, 0.2) is 48.5 Å². The van der Waals surface area contributed by atoms with E-state index in [9.17, 15) is 4.79 Å². The first-order chi connectivity index (χ1) is 10.3. The molecule has 0 atom stereocenters. The summed E-state index contributed by atoms with van der Waals surface area (Å²) in [5.41, 5.74) is 4.54. The van der Waals surface area contributed by atoms with E-state index in [-0.39, 0.29) is 5.91 Å². The van der Waals surface area contributed by atoms with E-state index in [1.54, 1.807) is 0 Å². The number of aryl methyl sites for hydroxylation is 2. The maximum absolute atomic E-state index is 12.8. The van der Waals surface area contributed by atoms with Crippen molar-refractivity contribution in [2.24, 2.45) is 0 Å². The van der Waals surface area contributed by atoms with Gasteiger partial charge in [0.05, 0.1) is 0 Å². The maximum Gasteiger partial charge on any atom is 0.258 e. The molecule has 2 aromatic carbocycles. The number of nitrogens with zero attached hydrogens (tertiary/aromatic N) is 1. The second-order valence-corrected chi connectivity index (χ2v) is 5.58. The van der Waals surface area contributed by atoms with E-state index in [4.69, 9.17) is 0 Å². The molecule has 0 unspecified atom stereocenters. The number of carbonyl (C=O) groups is 1. The van der Waals surface area contributed by atoms with E-state index in [0.717, 1.165) is 24.1 Å². The molecule has 0 saturated heterocycles. The van der Waals surface area contributed by atoms with Crippen LogP contribution in [-0.4, -0.2) is 12.5 Å². The van der Waals surface area contributed by atoms with Crippen molar-refractivity contribution in [3.8, 4) is 0 Å². The predicted octanol–water partition coefficient (Wildman–Crippen LogP) is 4.23. The lowest BCUT2D eigenvalue weighted by Gasteiger charge is -2.22. The molecule has 1 aliphatic rings. The van der Waals surface area contributed by atoms with Gasteiger partial charge in [0.1, 0.15) is 0 Å². The Balaban J connectivity index is 1.90. The summed E-state index contributed by atoms with van der Waals surface area (Å²) < 4.78 is 0. The number of rotatable bonds is 3. The standard InChI is InChI=1S/C19H21NO/c1-2-20(18-10-4-3-5-11-18)19(21)17-13-12-15-8-6-7-9-16(15)14-17/h3-5,10-14H,2,6-9H2,1H3. The minimum absolute atomic E-state index is 0.0945. The first kappa shape index (κ1) is 13.9. The molecule has 3 rings (SSSR count). The van der Waals surface area contributed by atoms with Gasteiger partial charge in [-0.15, -0.1) is 0 Å². The van der Waals surface area contributed by atoms with Crippen LogP contribution in [-0.2, 0) is 12.8 Å². The molecule has 1 amide bonds. The summed E-state index contributed by atoms with van der Waals surface area (Å²) in [6.07, 6.45) is 4.76. The van der Waals surface area contributed by atoms with Gasteiger partial charge >= 0.3 is 0 Å². The second-order valence-electron chi connectivity index (χ2n) is 5.58. The zero-order valence-corrected chi connectivity index (χ0v) is 12.5. The van der Waals surface area contributed by atoms with Gasteiger partial charge in [-0.1, -0.05) is 24.3 Å². The number of hydrogen-bond acceptors (Lipinski definition) is 1. The minimum Gasteiger partial charge on any atom is -0.309 e. The molecule has 21 heavy (non-hydrogen) atoms. The highest BCUT2D eigenvalue weighted by Crippen LogP contribution is 2.24. The lowest BCUT2D eigenvalue weighted by molar-refractivity contribution is 0.0988. The van der Waals surface area contributed by atoms with E-state index < -0.39 is 0 Å². The summed E-state index contributed by atoms with van der Waals surface area (Å²) in [6.45, 7) is 2.70. The summed E-state index contributed by atoms with van der Waals surface area (Å²) in [6, 6.07) is 16.1. The van der Waals surface area contributed by atoms with Crippen molar-refractivity contribution in [2.45, 2.75) is 32.6 Å². The lowest BCUT2D eigenvalue weighted by atomic mass is 9.90. The van der Waals surface area contributed by atoms with Crippen molar-refractivity contribution in [1.29, 1.82) is 0 Å². The summed E-state index contributed by atoms with van der Waals surface area (Å²) in [7, 11) is 0. The van der Waals surface area contributed by atoms with Gasteiger partial charge in [-0.05, 0) is 68.0 Å². The number of fused-ring (bicyclic) bond motifs is 1. The first-order valence-electron chi connectivity index (χ1n) is 7.78. The Morgan fingerprint density at radius 1 is 1.00 bits per heavy atom. The summed E-state index contributed by atoms with van der Waals surface area (Å²) in [5, 5.41) is 0. The summed E-state index contributed by atoms with van der Waals surface area (Å²) >= 11 is 0. The third-order valence-corrected chi connectivity index (χ3v) is 4.22. The Morgan fingerprint density at radius 2 is 1.71 bits per heavy atom. The molecule has 0 aliphatic heterocycles. The SMILES string of the molecule is CCN(C(=O)c1ccc2c(c1)CCCC2)c1ccccc1. The van der Waals surface area contributed by atoms with Gasteiger partial charge in [0.15, 0.2) is 0 Å². The quantitative estimate of drug-likeness (QED) is 0.823. The summed E-state index contributed by atoms with van der Waals surface area (Å²) in [5.74, 6) is 0.0945. The monoisotopic (exact) mass is 279 g/mol. The van der Waals surface area contributed by atoms with Crippen molar-refractivity contribution in [3.63, 3.8) is 0 Å². The van der Waals surface area contributed by atoms with Crippen LogP contribution in [0.25, 0.3) is 0 Å². The van der Waals surface area contributed by atoms with Gasteiger partial charge in [0.2, 0.25) is 0 Å². The van der Waals surface area contributed by atoms with Gasteiger partial charge in [0, 0.05) is 17.8 Å². The molecule has 0 bridgehead atoms. The molecule has 0 saturated carbocycles. The molecule has 2 aromatic rings. The molecule has 0 fully saturated rings. The Hall–Kier alpha value is -2.09. The molecular weight excluding hydrogens is 258 g/mol. The number of anilines is 1. The van der Waals surface area contributed by atoms with Crippen LogP contribution in [0, 0.1) is 0 Å². The molecule has 1 aliphatic carbocycles. The average molecular weight is 279 g/mol. The fraction of sp³-hybridized carbons (Fsp3) is 0.316. The molecule has 0 spiro atoms. The van der Waals surface area contributed by atoms with Crippen molar-refractivity contribution in [1.82, 2.24) is 0 Å². The zero-order valence-electron chi connectivity index (χ0n) is 12.5. The highest BCUT2D eigenvalue weighted by atomic mass is 16.2. The minimum atomic E-state index is 0.0945. The first-order valence-corrected chi connectivity index (χ1v) is 7.78. The van der Waals surface area contributed by atoms with Crippen molar-refractivity contribution >= 4 is 11.6 Å². The van der Waals surface area contributed by atoms with Crippen LogP contribution in [0.5, 0.6) is 0 Å². The van der Waals surface area contributed by atoms with Crippen LogP contribution in [0.4, 0.5) is 5.69 Å². The number of carbonyl (C=O) groups excluding carboxylic acids is 1. The third-order valence-electron chi connectivity index (χ3n) is 4.22. The Kier molecular flexibility index (Phi) is 4.05. The molecule has 0 aromatic heterocycles. The van der Waals surface area contributed by atoms with Crippen molar-refractivity contribution < 1.29 is 4.79 Å². The van der Waals surface area contributed by atoms with E-state index in [2.05, 4.69) is 12.1 Å². The average Bonchev–Trinajstić information content (AvgIpc) is 2.56. The second kappa shape index (κ2) is 6.13. The third kappa shape index (κ3) is 2.85. The van der Waals surface area contributed by atoms with Crippen LogP contribution < -0.4 is 4.90 Å². The normalized spacial score (nSPS) is 13.6. The maximum atomic E-state index is 12.8. The highest BCUT2D eigenvalue weighted by Gasteiger charge is 2.18. The predicted molar refractivity (Wildman–Crippen MR) is 86.9 cm³/mol. The van der Waals surface area contributed by atoms with Gasteiger partial charge in [-0.3, -0.25) is 4.79 Å². The topological polar surface area (TPSA) is 20.3 Å². The van der Waals surface area contributed by atoms with E-state index >= 15 is 0 Å². The van der Waals surface area contributed by atoms with Gasteiger partial charge in [0.25, 0.3) is 5.91 Å². The summed E-state index contributed by atoms with van der Waals surface area (Å²) in [4.78, 5) is 14.6. The van der Waals surface area contributed by atoms with Crippen molar-refractivity contribution in [2.75, 3.05) is 11.4 Å². The van der Waals surface area contributed by atoms with Crippen LogP contribution in [0.1, 0.15) is 41.3 Å². The van der Waals surface area contributed by atoms with Crippen LogP contribution >= 0.6 is 0 Å². The molecule has 0 radical (unpaired) electrons. The van der Waals surface area contributed by atoms with Gasteiger partial charge < -0.3 is 4.90 Å². The molecule has 108 valence electrons. The molecular formula is C19H21NO. The Bertz CT molecular complexity index is 633. The Labute approximate surface area is 126 Å². The van der Waals surface area contributed by atoms with Crippen LogP contribution in [0.2, 0.25) is 0 Å². The van der Waals surface area contributed by atoms with Crippen molar-refractivity contribution in [3.05, 3.63) is 65.2 Å². The number of amides is 1. The number of para-hydroxylation sites is 1. The van der Waals surface area contributed by atoms with Gasteiger partial charge in [-0.2, -0.15) is 0 Å². The zero-order chi connectivity index (χ0) is 14.7. The largest absolute Gasteiger partial charge is 0.309 e. The van der Waals surface area contributed by atoms with E-state index in [0.29, 0.717) is 6.54 Å². The molecule has 2 nitrogen and oxygen atoms in total. The molecule has 0 heterocycles.